The summed E-state index contributed by atoms with van der Waals surface area (Å²) in [4.78, 5) is 17.1. The normalized spacial score (nSPS) is 14.3. The highest BCUT2D eigenvalue weighted by Crippen LogP contribution is 2.33. The van der Waals surface area contributed by atoms with Crippen LogP contribution in [0.25, 0.3) is 11.1 Å². The smallest absolute Gasteiger partial charge is 0.254 e. The fourth-order valence-electron chi connectivity index (χ4n) is 4.23. The lowest BCUT2D eigenvalue weighted by Crippen LogP contribution is -2.20. The first kappa shape index (κ1) is 23.9. The average molecular weight is 504 g/mol. The molecule has 1 saturated carbocycles. The van der Waals surface area contributed by atoms with Crippen LogP contribution in [0.1, 0.15) is 53.7 Å². The molecule has 172 valence electrons. The number of hydrogen-bond acceptors (Lipinski definition) is 3. The van der Waals surface area contributed by atoms with Gasteiger partial charge in [0.2, 0.25) is 5.88 Å². The Bertz CT molecular complexity index is 1140. The van der Waals surface area contributed by atoms with Gasteiger partial charge in [-0.15, -0.1) is 0 Å². The van der Waals surface area contributed by atoms with Crippen molar-refractivity contribution in [1.29, 1.82) is 0 Å². The number of primary amides is 1. The number of halogens is 3. The van der Waals surface area contributed by atoms with E-state index in [1.54, 1.807) is 30.3 Å². The highest BCUT2D eigenvalue weighted by molar-refractivity contribution is 6.35. The third kappa shape index (κ3) is 6.00. The Kier molecular flexibility index (Phi) is 7.79. The summed E-state index contributed by atoms with van der Waals surface area (Å²) in [6, 6.07) is 14.5. The van der Waals surface area contributed by atoms with Gasteiger partial charge in [0.15, 0.2) is 0 Å². The van der Waals surface area contributed by atoms with Gasteiger partial charge in [-0.05, 0) is 60.2 Å². The molecule has 0 spiro atoms. The maximum atomic E-state index is 12.3. The zero-order chi connectivity index (χ0) is 23.4. The molecule has 0 saturated heterocycles. The monoisotopic (exact) mass is 502 g/mol. The van der Waals surface area contributed by atoms with Gasteiger partial charge in [0.05, 0.1) is 12.3 Å². The van der Waals surface area contributed by atoms with Crippen molar-refractivity contribution in [2.75, 3.05) is 6.61 Å². The largest absolute Gasteiger partial charge is 0.477 e. The molecule has 3 aromatic rings. The van der Waals surface area contributed by atoms with E-state index in [2.05, 4.69) is 0 Å². The van der Waals surface area contributed by atoms with Gasteiger partial charge in [0, 0.05) is 27.1 Å². The van der Waals surface area contributed by atoms with Crippen molar-refractivity contribution >= 4 is 40.7 Å². The fraction of sp³-hybridized carbons (Fsp3) is 0.308. The molecule has 1 aliphatic carbocycles. The van der Waals surface area contributed by atoms with Gasteiger partial charge < -0.3 is 10.5 Å². The molecule has 0 unspecified atom stereocenters. The number of carbonyl (C=O) groups is 1. The first-order valence-corrected chi connectivity index (χ1v) is 12.2. The van der Waals surface area contributed by atoms with Crippen LogP contribution in [0.15, 0.2) is 48.5 Å². The number of amides is 1. The van der Waals surface area contributed by atoms with Gasteiger partial charge >= 0.3 is 0 Å². The molecular weight excluding hydrogens is 479 g/mol. The van der Waals surface area contributed by atoms with E-state index in [0.717, 1.165) is 35.2 Å². The van der Waals surface area contributed by atoms with Crippen LogP contribution in [0.4, 0.5) is 0 Å². The first-order valence-electron chi connectivity index (χ1n) is 11.1. The molecule has 0 radical (unpaired) electrons. The van der Waals surface area contributed by atoms with Gasteiger partial charge in [0.1, 0.15) is 5.56 Å². The second-order valence-electron chi connectivity index (χ2n) is 8.43. The van der Waals surface area contributed by atoms with Crippen LogP contribution < -0.4 is 10.5 Å². The van der Waals surface area contributed by atoms with E-state index in [0.29, 0.717) is 34.0 Å². The maximum Gasteiger partial charge on any atom is 0.254 e. The number of ether oxygens (including phenoxy) is 1. The molecule has 1 fully saturated rings. The Labute approximate surface area is 209 Å². The SMILES string of the molecule is NC(=O)c1cc(-c2ccc(Cl)cc2)c(Cc2ccc(Cl)cc2Cl)nc1OCC1CCCCC1. The summed E-state index contributed by atoms with van der Waals surface area (Å²) in [5, 5.41) is 1.74. The number of nitrogens with zero attached hydrogens (tertiary/aromatic N) is 1. The summed E-state index contributed by atoms with van der Waals surface area (Å²) in [7, 11) is 0. The Morgan fingerprint density at radius 1 is 0.970 bits per heavy atom. The molecule has 4 rings (SSSR count). The number of benzene rings is 2. The number of aromatic nitrogens is 1. The predicted molar refractivity (Wildman–Crippen MR) is 135 cm³/mol. The van der Waals surface area contributed by atoms with Gasteiger partial charge in [0.25, 0.3) is 5.91 Å². The van der Waals surface area contributed by atoms with Gasteiger partial charge in [-0.2, -0.15) is 0 Å². The molecule has 0 atom stereocenters. The Morgan fingerprint density at radius 3 is 2.33 bits per heavy atom. The molecule has 1 amide bonds. The lowest BCUT2D eigenvalue weighted by atomic mass is 9.90. The van der Waals surface area contributed by atoms with Crippen molar-refractivity contribution in [3.05, 3.63) is 80.4 Å². The minimum absolute atomic E-state index is 0.265. The second-order valence-corrected chi connectivity index (χ2v) is 9.71. The maximum absolute atomic E-state index is 12.3. The van der Waals surface area contributed by atoms with Crippen LogP contribution in [0.5, 0.6) is 5.88 Å². The summed E-state index contributed by atoms with van der Waals surface area (Å²) in [6.07, 6.45) is 6.37. The standard InChI is InChI=1S/C26H25Cl3N2O2/c27-19-9-6-17(7-10-19)21-14-22(25(30)32)26(33-15-16-4-2-1-3-5-16)31-24(21)12-18-8-11-20(28)13-23(18)29/h6-11,13-14,16H,1-5,12,15H2,(H2,30,32). The first-order chi connectivity index (χ1) is 15.9. The summed E-state index contributed by atoms with van der Waals surface area (Å²) < 4.78 is 6.09. The van der Waals surface area contributed by atoms with E-state index in [1.807, 2.05) is 18.2 Å². The Balaban J connectivity index is 1.75. The molecule has 2 aromatic carbocycles. The van der Waals surface area contributed by atoms with E-state index in [1.165, 1.54) is 19.3 Å². The van der Waals surface area contributed by atoms with Crippen LogP contribution in [-0.4, -0.2) is 17.5 Å². The molecule has 1 heterocycles. The van der Waals surface area contributed by atoms with E-state index in [9.17, 15) is 4.79 Å². The third-order valence-corrected chi connectivity index (χ3v) is 6.88. The van der Waals surface area contributed by atoms with Crippen LogP contribution in [0.3, 0.4) is 0 Å². The zero-order valence-corrected chi connectivity index (χ0v) is 20.4. The number of hydrogen-bond donors (Lipinski definition) is 1. The van der Waals surface area contributed by atoms with E-state index in [-0.39, 0.29) is 11.4 Å². The molecule has 1 aromatic heterocycles. The van der Waals surface area contributed by atoms with Crippen LogP contribution in [-0.2, 0) is 6.42 Å². The summed E-state index contributed by atoms with van der Waals surface area (Å²) in [5.74, 6) is 0.157. The van der Waals surface area contributed by atoms with Crippen LogP contribution in [0.2, 0.25) is 15.1 Å². The number of nitrogens with two attached hydrogens (primary N) is 1. The molecule has 0 aliphatic heterocycles. The lowest BCUT2D eigenvalue weighted by molar-refractivity contribution is 0.0993. The van der Waals surface area contributed by atoms with Gasteiger partial charge in [-0.1, -0.05) is 72.3 Å². The van der Waals surface area contributed by atoms with Crippen molar-refractivity contribution in [3.8, 4) is 17.0 Å². The highest BCUT2D eigenvalue weighted by Gasteiger charge is 2.21. The van der Waals surface area contributed by atoms with Crippen LogP contribution >= 0.6 is 34.8 Å². The van der Waals surface area contributed by atoms with Crippen molar-refractivity contribution < 1.29 is 9.53 Å². The Hall–Kier alpha value is -2.27. The molecule has 4 nitrogen and oxygen atoms in total. The second kappa shape index (κ2) is 10.8. The lowest BCUT2D eigenvalue weighted by Gasteiger charge is -2.22. The predicted octanol–water partition coefficient (Wildman–Crippen LogP) is 7.36. The molecule has 7 heteroatoms. The topological polar surface area (TPSA) is 65.2 Å². The fourth-order valence-corrected chi connectivity index (χ4v) is 4.83. The van der Waals surface area contributed by atoms with Gasteiger partial charge in [-0.25, -0.2) is 4.98 Å². The van der Waals surface area contributed by atoms with E-state index in [4.69, 9.17) is 50.3 Å². The van der Waals surface area contributed by atoms with E-state index >= 15 is 0 Å². The molecule has 2 N–H and O–H groups in total. The number of carbonyl (C=O) groups excluding carboxylic acids is 1. The van der Waals surface area contributed by atoms with Crippen molar-refractivity contribution in [2.24, 2.45) is 11.7 Å². The molecular formula is C26H25Cl3N2O2. The minimum Gasteiger partial charge on any atom is -0.477 e. The number of rotatable bonds is 7. The zero-order valence-electron chi connectivity index (χ0n) is 18.1. The quantitative estimate of drug-likeness (QED) is 0.366. The van der Waals surface area contributed by atoms with Crippen molar-refractivity contribution in [3.63, 3.8) is 0 Å². The average Bonchev–Trinajstić information content (AvgIpc) is 2.80. The van der Waals surface area contributed by atoms with Crippen LogP contribution in [0, 0.1) is 5.92 Å². The highest BCUT2D eigenvalue weighted by atomic mass is 35.5. The molecule has 1 aliphatic rings. The van der Waals surface area contributed by atoms with Crippen molar-refractivity contribution in [2.45, 2.75) is 38.5 Å². The van der Waals surface area contributed by atoms with E-state index < -0.39 is 5.91 Å². The number of pyridine rings is 1. The molecule has 33 heavy (non-hydrogen) atoms. The molecule has 0 bridgehead atoms. The summed E-state index contributed by atoms with van der Waals surface area (Å²) in [5.41, 5.74) is 9.23. The summed E-state index contributed by atoms with van der Waals surface area (Å²) >= 11 is 18.6. The van der Waals surface area contributed by atoms with Gasteiger partial charge in [-0.3, -0.25) is 4.79 Å². The third-order valence-electron chi connectivity index (χ3n) is 6.04. The minimum atomic E-state index is -0.576. The Morgan fingerprint density at radius 2 is 1.67 bits per heavy atom. The van der Waals surface area contributed by atoms with Crippen molar-refractivity contribution in [1.82, 2.24) is 4.98 Å². The summed E-state index contributed by atoms with van der Waals surface area (Å²) in [6.45, 7) is 0.523.